The lowest BCUT2D eigenvalue weighted by Gasteiger charge is -2.40. The normalized spacial score (nSPS) is 20.9. The summed E-state index contributed by atoms with van der Waals surface area (Å²) in [5.74, 6) is -1.55. The maximum absolute atomic E-state index is 14.3. The molecule has 2 aromatic rings. The average molecular weight is 344 g/mol. The summed E-state index contributed by atoms with van der Waals surface area (Å²) in [5.41, 5.74) is 1.87. The van der Waals surface area contributed by atoms with E-state index >= 15 is 0 Å². The number of nitriles is 1. The van der Waals surface area contributed by atoms with Gasteiger partial charge in [0, 0.05) is 5.39 Å². The van der Waals surface area contributed by atoms with Crippen LogP contribution in [0.15, 0.2) is 6.07 Å². The van der Waals surface area contributed by atoms with Gasteiger partial charge in [0.15, 0.2) is 0 Å². The molecule has 0 bridgehead atoms. The van der Waals surface area contributed by atoms with Crippen LogP contribution in [0.2, 0.25) is 0 Å². The van der Waals surface area contributed by atoms with E-state index in [1.165, 1.54) is 6.07 Å². The van der Waals surface area contributed by atoms with Crippen molar-refractivity contribution in [3.8, 4) is 6.07 Å². The number of fused-ring (bicyclic) bond motifs is 3. The van der Waals surface area contributed by atoms with E-state index < -0.39 is 17.4 Å². The minimum Gasteiger partial charge on any atom is -0.481 e. The molecule has 0 fully saturated rings. The van der Waals surface area contributed by atoms with E-state index in [2.05, 4.69) is 4.98 Å². The molecule has 2 atom stereocenters. The molecule has 2 heterocycles. The Labute approximate surface area is 145 Å². The van der Waals surface area contributed by atoms with Crippen LogP contribution in [0.25, 0.3) is 10.9 Å². The number of aromatic amines is 1. The van der Waals surface area contributed by atoms with Gasteiger partial charge >= 0.3 is 5.97 Å². The zero-order valence-corrected chi connectivity index (χ0v) is 14.6. The lowest BCUT2D eigenvalue weighted by molar-refractivity contribution is -0.155. The molecule has 1 aliphatic heterocycles. The first-order valence-corrected chi connectivity index (χ1v) is 8.45. The Morgan fingerprint density at radius 1 is 1.60 bits per heavy atom. The summed E-state index contributed by atoms with van der Waals surface area (Å²) in [6.07, 6.45) is 1.08. The first kappa shape index (κ1) is 17.4. The van der Waals surface area contributed by atoms with Gasteiger partial charge in [0.1, 0.15) is 17.5 Å². The van der Waals surface area contributed by atoms with E-state index in [1.54, 1.807) is 6.92 Å². The molecule has 2 N–H and O–H groups in total. The van der Waals surface area contributed by atoms with Crippen molar-refractivity contribution in [3.63, 3.8) is 0 Å². The van der Waals surface area contributed by atoms with Crippen molar-refractivity contribution in [2.75, 3.05) is 6.61 Å². The molecule has 0 aliphatic carbocycles. The Bertz CT molecular complexity index is 896. The molecule has 1 aromatic heterocycles. The van der Waals surface area contributed by atoms with Crippen LogP contribution in [0, 0.1) is 30.0 Å². The summed E-state index contributed by atoms with van der Waals surface area (Å²) in [6, 6.07) is 3.30. The highest BCUT2D eigenvalue weighted by Gasteiger charge is 2.46. The number of halogens is 1. The van der Waals surface area contributed by atoms with Crippen molar-refractivity contribution in [3.05, 3.63) is 34.3 Å². The lowest BCUT2D eigenvalue weighted by atomic mass is 9.77. The molecular formula is C19H21FN2O3. The molecular weight excluding hydrogens is 323 g/mol. The van der Waals surface area contributed by atoms with Gasteiger partial charge < -0.3 is 14.8 Å². The average Bonchev–Trinajstić information content (AvgIpc) is 2.95. The Balaban J connectivity index is 2.38. The van der Waals surface area contributed by atoms with Crippen molar-refractivity contribution in [1.29, 1.82) is 5.26 Å². The van der Waals surface area contributed by atoms with E-state index in [1.807, 2.05) is 19.9 Å². The van der Waals surface area contributed by atoms with Crippen molar-refractivity contribution >= 4 is 16.9 Å². The zero-order chi connectivity index (χ0) is 18.4. The molecule has 1 aromatic carbocycles. The van der Waals surface area contributed by atoms with Gasteiger partial charge in [-0.05, 0) is 36.5 Å². The fraction of sp³-hybridized carbons (Fsp3) is 0.474. The quantitative estimate of drug-likeness (QED) is 0.884. The molecule has 0 saturated heterocycles. The summed E-state index contributed by atoms with van der Waals surface area (Å²) < 4.78 is 20.3. The smallest absolute Gasteiger partial charge is 0.306 e. The van der Waals surface area contributed by atoms with Crippen LogP contribution < -0.4 is 0 Å². The van der Waals surface area contributed by atoms with Crippen molar-refractivity contribution < 1.29 is 19.0 Å². The molecule has 25 heavy (non-hydrogen) atoms. The summed E-state index contributed by atoms with van der Waals surface area (Å²) in [6.45, 7) is 6.07. The third-order valence-corrected chi connectivity index (χ3v) is 5.40. The number of carboxylic acids is 1. The van der Waals surface area contributed by atoms with Gasteiger partial charge in [-0.15, -0.1) is 0 Å². The number of benzene rings is 1. The highest BCUT2D eigenvalue weighted by molar-refractivity contribution is 5.93. The predicted octanol–water partition coefficient (Wildman–Crippen LogP) is 3.78. The first-order chi connectivity index (χ1) is 11.9. The molecule has 5 nitrogen and oxygen atoms in total. The summed E-state index contributed by atoms with van der Waals surface area (Å²) >= 11 is 0. The van der Waals surface area contributed by atoms with Crippen LogP contribution in [0.4, 0.5) is 4.39 Å². The summed E-state index contributed by atoms with van der Waals surface area (Å²) in [4.78, 5) is 14.8. The maximum Gasteiger partial charge on any atom is 0.306 e. The topological polar surface area (TPSA) is 86.1 Å². The number of ether oxygens (including phenoxy) is 1. The van der Waals surface area contributed by atoms with Gasteiger partial charge in [0.05, 0.1) is 29.8 Å². The third-order valence-electron chi connectivity index (χ3n) is 5.40. The van der Waals surface area contributed by atoms with E-state index in [0.29, 0.717) is 35.2 Å². The number of aryl methyl sites for hydroxylation is 1. The minimum atomic E-state index is -0.997. The van der Waals surface area contributed by atoms with Crippen molar-refractivity contribution in [2.24, 2.45) is 5.92 Å². The maximum atomic E-state index is 14.3. The van der Waals surface area contributed by atoms with Gasteiger partial charge in [0.25, 0.3) is 0 Å². The second kappa shape index (κ2) is 6.16. The molecule has 3 rings (SSSR count). The number of carbonyl (C=O) groups is 1. The van der Waals surface area contributed by atoms with Crippen molar-refractivity contribution in [1.82, 2.24) is 4.98 Å². The van der Waals surface area contributed by atoms with Gasteiger partial charge in [-0.1, -0.05) is 20.3 Å². The van der Waals surface area contributed by atoms with Gasteiger partial charge in [-0.2, -0.15) is 5.26 Å². The van der Waals surface area contributed by atoms with E-state index in [9.17, 15) is 19.6 Å². The fourth-order valence-electron chi connectivity index (χ4n) is 3.95. The molecule has 132 valence electrons. The predicted molar refractivity (Wildman–Crippen MR) is 90.8 cm³/mol. The standard InChI is InChI=1S/C19H21FN2O3/c1-4-11(3)19(8-15(23)24)18-12(5-6-25-19)16-13(9-21)14(20)7-10(2)17(16)22-18/h7,11,22H,4-6,8H2,1-3H3,(H,23,24). The van der Waals surface area contributed by atoms with Crippen LogP contribution >= 0.6 is 0 Å². The van der Waals surface area contributed by atoms with Gasteiger partial charge in [-0.25, -0.2) is 4.39 Å². The molecule has 6 heteroatoms. The number of nitrogens with zero attached hydrogens (tertiary/aromatic N) is 1. The molecule has 2 unspecified atom stereocenters. The molecule has 1 aliphatic rings. The van der Waals surface area contributed by atoms with Gasteiger partial charge in [-0.3, -0.25) is 4.79 Å². The van der Waals surface area contributed by atoms with Crippen LogP contribution in [0.5, 0.6) is 0 Å². The molecule has 0 radical (unpaired) electrons. The summed E-state index contributed by atoms with van der Waals surface area (Å²) in [7, 11) is 0. The number of aromatic nitrogens is 1. The number of hydrogen-bond acceptors (Lipinski definition) is 3. The largest absolute Gasteiger partial charge is 0.481 e. The van der Waals surface area contributed by atoms with Crippen molar-refractivity contribution in [2.45, 2.75) is 45.6 Å². The highest BCUT2D eigenvalue weighted by atomic mass is 19.1. The lowest BCUT2D eigenvalue weighted by Crippen LogP contribution is -2.43. The fourth-order valence-corrected chi connectivity index (χ4v) is 3.95. The number of rotatable bonds is 4. The second-order valence-corrected chi connectivity index (χ2v) is 6.76. The van der Waals surface area contributed by atoms with E-state index in [-0.39, 0.29) is 17.9 Å². The third kappa shape index (κ3) is 2.50. The monoisotopic (exact) mass is 344 g/mol. The number of nitrogens with one attached hydrogen (secondary N) is 1. The minimum absolute atomic E-state index is 0.00776. The number of carboxylic acid groups (broad SMARTS) is 1. The molecule has 0 amide bonds. The SMILES string of the molecule is CCC(C)C1(CC(=O)O)OCCc2c1[nH]c1c(C)cc(F)c(C#N)c21. The Morgan fingerprint density at radius 2 is 2.32 bits per heavy atom. The Morgan fingerprint density at radius 3 is 2.92 bits per heavy atom. The van der Waals surface area contributed by atoms with Crippen LogP contribution in [-0.4, -0.2) is 22.7 Å². The van der Waals surface area contributed by atoms with E-state index in [4.69, 9.17) is 4.74 Å². The number of H-pyrrole nitrogens is 1. The highest BCUT2D eigenvalue weighted by Crippen LogP contribution is 2.46. The van der Waals surface area contributed by atoms with Crippen LogP contribution in [-0.2, 0) is 21.6 Å². The van der Waals surface area contributed by atoms with Crippen LogP contribution in [0.1, 0.15) is 49.1 Å². The number of aliphatic carboxylic acids is 1. The summed E-state index contributed by atoms with van der Waals surface area (Å²) in [5, 5.41) is 19.5. The number of hydrogen-bond donors (Lipinski definition) is 2. The molecule has 0 saturated carbocycles. The Hall–Kier alpha value is -2.39. The molecule has 0 spiro atoms. The van der Waals surface area contributed by atoms with E-state index in [0.717, 1.165) is 12.0 Å². The zero-order valence-electron chi connectivity index (χ0n) is 14.6. The Kier molecular flexibility index (Phi) is 4.29. The first-order valence-electron chi connectivity index (χ1n) is 8.45. The van der Waals surface area contributed by atoms with Crippen LogP contribution in [0.3, 0.4) is 0 Å². The van der Waals surface area contributed by atoms with Gasteiger partial charge in [0.2, 0.25) is 0 Å². The second-order valence-electron chi connectivity index (χ2n) is 6.76.